The summed E-state index contributed by atoms with van der Waals surface area (Å²) in [5.74, 6) is 1.07. The molecule has 1 aliphatic carbocycles. The standard InChI is InChI=1S/C33H29N4O.CH4.Pt/c1-33(2)26-14-9-15-29(38)31(26)32-27(33)16-17-28(35-32)22-10-8-13-25(20-22)37(23-11-6-5-7-12-23)30-21-24(36(3)4)18-19-34-30;;/h5-19,21,38H,1-4H3;1H4;/q-1;;. The molecule has 0 bridgehead atoms. The predicted octanol–water partition coefficient (Wildman–Crippen LogP) is 8.13. The van der Waals surface area contributed by atoms with E-state index in [1.54, 1.807) is 6.07 Å². The van der Waals surface area contributed by atoms with Gasteiger partial charge in [0, 0.05) is 69.8 Å². The molecule has 1 N–H and O–H groups in total. The number of phenols is 1. The Kier molecular flexibility index (Phi) is 8.18. The Labute approximate surface area is 251 Å². The summed E-state index contributed by atoms with van der Waals surface area (Å²) in [4.78, 5) is 14.0. The summed E-state index contributed by atoms with van der Waals surface area (Å²) >= 11 is 0. The molecule has 6 heteroatoms. The van der Waals surface area contributed by atoms with E-state index in [1.807, 2.05) is 68.8 Å². The van der Waals surface area contributed by atoms with Crippen LogP contribution in [-0.2, 0) is 26.5 Å². The topological polar surface area (TPSA) is 52.5 Å². The van der Waals surface area contributed by atoms with Gasteiger partial charge in [-0.05, 0) is 46.8 Å². The monoisotopic (exact) mass is 708 g/mol. The maximum atomic E-state index is 10.7. The third kappa shape index (κ3) is 4.91. The first-order valence-corrected chi connectivity index (χ1v) is 12.7. The molecule has 1 aliphatic rings. The molecule has 5 nitrogen and oxygen atoms in total. The van der Waals surface area contributed by atoms with Gasteiger partial charge in [0.1, 0.15) is 11.6 Å². The average Bonchev–Trinajstić information content (AvgIpc) is 3.17. The number of rotatable bonds is 5. The SMILES string of the molecule is C.CN(C)c1ccnc(N(c2[c-]c(-c3ccc4c(n3)-c3c(O)cccc3C4(C)C)ccc2)c2ccccc2)c1.[Pt]. The molecule has 0 atom stereocenters. The largest absolute Gasteiger partial charge is 0.507 e. The third-order valence-electron chi connectivity index (χ3n) is 7.31. The summed E-state index contributed by atoms with van der Waals surface area (Å²) in [6, 6.07) is 33.9. The summed E-state index contributed by atoms with van der Waals surface area (Å²) < 4.78 is 0. The average molecular weight is 709 g/mol. The van der Waals surface area contributed by atoms with Crippen molar-refractivity contribution in [2.45, 2.75) is 26.7 Å². The number of hydrogen-bond acceptors (Lipinski definition) is 5. The first-order chi connectivity index (χ1) is 18.3. The van der Waals surface area contributed by atoms with E-state index in [1.165, 1.54) is 0 Å². The number of hydrogen-bond donors (Lipinski definition) is 1. The number of phenolic OH excluding ortho intramolecular Hbond substituents is 1. The number of benzene rings is 3. The van der Waals surface area contributed by atoms with Gasteiger partial charge in [-0.25, -0.2) is 4.98 Å². The first kappa shape index (κ1) is 29.0. The molecule has 5 aromatic rings. The van der Waals surface area contributed by atoms with Crippen LogP contribution in [0.4, 0.5) is 22.9 Å². The van der Waals surface area contributed by atoms with Gasteiger partial charge in [0.05, 0.1) is 5.69 Å². The number of aromatic hydroxyl groups is 1. The van der Waals surface area contributed by atoms with Crippen LogP contribution in [0.25, 0.3) is 22.5 Å². The van der Waals surface area contributed by atoms with Gasteiger partial charge in [0.2, 0.25) is 0 Å². The maximum absolute atomic E-state index is 10.7. The van der Waals surface area contributed by atoms with Gasteiger partial charge in [0.25, 0.3) is 0 Å². The Morgan fingerprint density at radius 1 is 0.800 bits per heavy atom. The minimum atomic E-state index is -0.228. The number of aromatic nitrogens is 2. The molecule has 40 heavy (non-hydrogen) atoms. The zero-order valence-electron chi connectivity index (χ0n) is 22.3. The van der Waals surface area contributed by atoms with Crippen molar-refractivity contribution in [1.29, 1.82) is 0 Å². The fourth-order valence-electron chi connectivity index (χ4n) is 5.28. The van der Waals surface area contributed by atoms with Crippen LogP contribution in [0.5, 0.6) is 5.75 Å². The van der Waals surface area contributed by atoms with Crippen molar-refractivity contribution >= 4 is 22.9 Å². The fraction of sp³-hybridized carbons (Fsp3) is 0.176. The molecule has 0 aliphatic heterocycles. The van der Waals surface area contributed by atoms with Crippen molar-refractivity contribution in [3.63, 3.8) is 0 Å². The van der Waals surface area contributed by atoms with Gasteiger partial charge in [-0.15, -0.1) is 29.8 Å². The summed E-state index contributed by atoms with van der Waals surface area (Å²) in [6.45, 7) is 4.36. The molecule has 0 unspecified atom stereocenters. The molecule has 2 heterocycles. The summed E-state index contributed by atoms with van der Waals surface area (Å²) in [5.41, 5.74) is 8.23. The Hall–Kier alpha value is -3.95. The van der Waals surface area contributed by atoms with Crippen molar-refractivity contribution < 1.29 is 26.2 Å². The van der Waals surface area contributed by atoms with E-state index < -0.39 is 0 Å². The van der Waals surface area contributed by atoms with Crippen LogP contribution >= 0.6 is 0 Å². The van der Waals surface area contributed by atoms with E-state index in [2.05, 4.69) is 66.1 Å². The number of para-hydroxylation sites is 1. The number of pyridine rings is 2. The van der Waals surface area contributed by atoms with E-state index in [-0.39, 0.29) is 39.7 Å². The number of anilines is 4. The fourth-order valence-corrected chi connectivity index (χ4v) is 5.28. The Bertz CT molecular complexity index is 1650. The molecule has 3 aromatic carbocycles. The van der Waals surface area contributed by atoms with Crippen LogP contribution in [0.3, 0.4) is 0 Å². The summed E-state index contributed by atoms with van der Waals surface area (Å²) in [7, 11) is 4.05. The first-order valence-electron chi connectivity index (χ1n) is 12.7. The number of nitrogens with zero attached hydrogens (tertiary/aromatic N) is 4. The van der Waals surface area contributed by atoms with Crippen LogP contribution < -0.4 is 9.80 Å². The Morgan fingerprint density at radius 2 is 1.55 bits per heavy atom. The molecule has 0 radical (unpaired) electrons. The van der Waals surface area contributed by atoms with Gasteiger partial charge < -0.3 is 14.9 Å². The molecule has 0 saturated carbocycles. The third-order valence-corrected chi connectivity index (χ3v) is 7.31. The smallest absolute Gasteiger partial charge is 0.138 e. The van der Waals surface area contributed by atoms with Crippen LogP contribution in [0.15, 0.2) is 97.2 Å². The van der Waals surface area contributed by atoms with E-state index >= 15 is 0 Å². The molecule has 0 fully saturated rings. The second-order valence-electron chi connectivity index (χ2n) is 10.3. The van der Waals surface area contributed by atoms with Crippen LogP contribution in [0.1, 0.15) is 32.4 Å². The van der Waals surface area contributed by atoms with Crippen LogP contribution in [0.2, 0.25) is 0 Å². The second kappa shape index (κ2) is 11.3. The zero-order valence-corrected chi connectivity index (χ0v) is 24.6. The van der Waals surface area contributed by atoms with E-state index in [9.17, 15) is 5.11 Å². The Balaban J connectivity index is 0.00000185. The van der Waals surface area contributed by atoms with Gasteiger partial charge in [-0.3, -0.25) is 4.98 Å². The summed E-state index contributed by atoms with van der Waals surface area (Å²) in [6.07, 6.45) is 1.83. The van der Waals surface area contributed by atoms with E-state index in [0.29, 0.717) is 0 Å². The molecular formula is C34H33N4OPt-. The second-order valence-corrected chi connectivity index (χ2v) is 10.3. The summed E-state index contributed by atoms with van der Waals surface area (Å²) in [5, 5.41) is 10.7. The molecule has 206 valence electrons. The molecule has 2 aromatic heterocycles. The molecule has 0 saturated heterocycles. The van der Waals surface area contributed by atoms with E-state index in [4.69, 9.17) is 9.97 Å². The zero-order chi connectivity index (χ0) is 26.4. The van der Waals surface area contributed by atoms with Crippen molar-refractivity contribution in [2.75, 3.05) is 23.9 Å². The van der Waals surface area contributed by atoms with Crippen molar-refractivity contribution in [2.24, 2.45) is 0 Å². The minimum absolute atomic E-state index is 0. The predicted molar refractivity (Wildman–Crippen MR) is 161 cm³/mol. The van der Waals surface area contributed by atoms with Gasteiger partial charge in [0.15, 0.2) is 0 Å². The molecular weight excluding hydrogens is 675 g/mol. The van der Waals surface area contributed by atoms with Gasteiger partial charge in [-0.2, -0.15) is 0 Å². The van der Waals surface area contributed by atoms with Crippen LogP contribution in [-0.4, -0.2) is 29.2 Å². The van der Waals surface area contributed by atoms with Crippen LogP contribution in [0, 0.1) is 6.07 Å². The van der Waals surface area contributed by atoms with Crippen molar-refractivity contribution in [3.05, 3.63) is 114 Å². The van der Waals surface area contributed by atoms with Crippen molar-refractivity contribution in [3.8, 4) is 28.3 Å². The molecule has 0 spiro atoms. The van der Waals surface area contributed by atoms with Gasteiger partial charge >= 0.3 is 0 Å². The van der Waals surface area contributed by atoms with Crippen molar-refractivity contribution in [1.82, 2.24) is 9.97 Å². The quantitative estimate of drug-likeness (QED) is 0.187. The van der Waals surface area contributed by atoms with E-state index in [0.717, 1.165) is 56.5 Å². The molecule has 6 rings (SSSR count). The van der Waals surface area contributed by atoms with Gasteiger partial charge in [-0.1, -0.05) is 63.7 Å². The normalized spacial score (nSPS) is 12.4. The molecule has 0 amide bonds. The Morgan fingerprint density at radius 3 is 2.30 bits per heavy atom. The number of fused-ring (bicyclic) bond motifs is 3. The minimum Gasteiger partial charge on any atom is -0.507 e. The maximum Gasteiger partial charge on any atom is 0.138 e.